The van der Waals surface area contributed by atoms with Gasteiger partial charge in [-0.25, -0.2) is 0 Å². The lowest BCUT2D eigenvalue weighted by atomic mass is 10.0. The lowest BCUT2D eigenvalue weighted by Crippen LogP contribution is -2.45. The second-order valence-corrected chi connectivity index (χ2v) is 5.15. The summed E-state index contributed by atoms with van der Waals surface area (Å²) < 4.78 is 0. The maximum absolute atomic E-state index is 12.3. The van der Waals surface area contributed by atoms with Crippen molar-refractivity contribution in [3.8, 4) is 0 Å². The van der Waals surface area contributed by atoms with Crippen molar-refractivity contribution in [1.29, 1.82) is 0 Å². The first-order valence-electron chi connectivity index (χ1n) is 7.01. The lowest BCUT2D eigenvalue weighted by Gasteiger charge is -2.24. The molecule has 0 radical (unpaired) electrons. The van der Waals surface area contributed by atoms with E-state index in [1.54, 1.807) is 11.9 Å². The van der Waals surface area contributed by atoms with Crippen LogP contribution in [-0.2, 0) is 9.59 Å². The van der Waals surface area contributed by atoms with Crippen LogP contribution in [0.2, 0.25) is 0 Å². The topological polar surface area (TPSA) is 99.2 Å². The van der Waals surface area contributed by atoms with Crippen molar-refractivity contribution in [3.63, 3.8) is 0 Å². The quantitative estimate of drug-likeness (QED) is 0.315. The van der Waals surface area contributed by atoms with E-state index in [-0.39, 0.29) is 24.2 Å². The summed E-state index contributed by atoms with van der Waals surface area (Å²) in [7, 11) is 1.57. The first-order chi connectivity index (χ1) is 9.51. The van der Waals surface area contributed by atoms with Crippen molar-refractivity contribution in [2.24, 2.45) is 16.8 Å². The molecular formula is C13H24N4O3. The van der Waals surface area contributed by atoms with Crippen LogP contribution in [0.25, 0.3) is 0 Å². The highest BCUT2D eigenvalue weighted by Gasteiger charge is 2.28. The summed E-state index contributed by atoms with van der Waals surface area (Å²) in [6, 6.07) is 0. The normalized spacial score (nSPS) is 17.1. The molecule has 0 aromatic rings. The molecule has 1 saturated heterocycles. The van der Waals surface area contributed by atoms with Crippen molar-refractivity contribution in [2.45, 2.75) is 32.6 Å². The zero-order valence-electron chi connectivity index (χ0n) is 12.2. The highest BCUT2D eigenvalue weighted by molar-refractivity contribution is 6.02. The molecule has 3 N–H and O–H groups in total. The van der Waals surface area contributed by atoms with Crippen LogP contribution in [-0.4, -0.2) is 59.3 Å². The Balaban J connectivity index is 2.61. The average molecular weight is 284 g/mol. The number of hydrogen-bond acceptors (Lipinski definition) is 4. The van der Waals surface area contributed by atoms with E-state index >= 15 is 0 Å². The molecule has 0 aliphatic carbocycles. The molecule has 1 atom stereocenters. The zero-order valence-corrected chi connectivity index (χ0v) is 12.2. The van der Waals surface area contributed by atoms with E-state index in [0.29, 0.717) is 6.42 Å². The van der Waals surface area contributed by atoms with Crippen molar-refractivity contribution < 1.29 is 14.8 Å². The van der Waals surface area contributed by atoms with Gasteiger partial charge in [0.15, 0.2) is 5.84 Å². The number of hydrogen-bond donors (Lipinski definition) is 2. The summed E-state index contributed by atoms with van der Waals surface area (Å²) in [6.45, 7) is 3.48. The first kappa shape index (κ1) is 16.3. The van der Waals surface area contributed by atoms with Gasteiger partial charge in [0.2, 0.25) is 11.8 Å². The van der Waals surface area contributed by atoms with Crippen LogP contribution in [0.1, 0.15) is 32.6 Å². The third kappa shape index (κ3) is 4.11. The van der Waals surface area contributed by atoms with Gasteiger partial charge in [0.05, 0.1) is 12.5 Å². The summed E-state index contributed by atoms with van der Waals surface area (Å²) in [5.74, 6) is -1.10. The Hall–Kier alpha value is -1.79. The van der Waals surface area contributed by atoms with Crippen LogP contribution in [0, 0.1) is 5.92 Å². The number of likely N-dealkylation sites (tertiary alicyclic amines) is 1. The molecular weight excluding hydrogens is 260 g/mol. The Bertz CT molecular complexity index is 378. The van der Waals surface area contributed by atoms with E-state index in [1.165, 1.54) is 4.90 Å². The van der Waals surface area contributed by atoms with Gasteiger partial charge >= 0.3 is 0 Å². The Labute approximate surface area is 119 Å². The van der Waals surface area contributed by atoms with Gasteiger partial charge in [-0.3, -0.25) is 9.59 Å². The molecule has 0 bridgehead atoms. The Morgan fingerprint density at radius 3 is 2.50 bits per heavy atom. The maximum Gasteiger partial charge on any atom is 0.242 e. The van der Waals surface area contributed by atoms with Crippen LogP contribution >= 0.6 is 0 Å². The van der Waals surface area contributed by atoms with Crippen molar-refractivity contribution in [1.82, 2.24) is 9.80 Å². The second-order valence-electron chi connectivity index (χ2n) is 5.15. The van der Waals surface area contributed by atoms with Crippen LogP contribution in [0.4, 0.5) is 0 Å². The van der Waals surface area contributed by atoms with E-state index in [4.69, 9.17) is 10.9 Å². The average Bonchev–Trinajstić information content (AvgIpc) is 2.97. The summed E-state index contributed by atoms with van der Waals surface area (Å²) in [5.41, 5.74) is 5.55. The van der Waals surface area contributed by atoms with Crippen LogP contribution in [0.3, 0.4) is 0 Å². The number of oxime groups is 1. The SMILES string of the molecule is CCCC(C(=O)N(C)CC(=O)N1CCCC1)C(N)=NO. The highest BCUT2D eigenvalue weighted by atomic mass is 16.4. The van der Waals surface area contributed by atoms with E-state index in [1.807, 2.05) is 6.92 Å². The summed E-state index contributed by atoms with van der Waals surface area (Å²) >= 11 is 0. The summed E-state index contributed by atoms with van der Waals surface area (Å²) in [4.78, 5) is 27.4. The third-order valence-corrected chi connectivity index (χ3v) is 3.56. The van der Waals surface area contributed by atoms with Gasteiger partial charge in [-0.2, -0.15) is 0 Å². The molecule has 1 aliphatic rings. The van der Waals surface area contributed by atoms with Crippen molar-refractivity contribution >= 4 is 17.6 Å². The molecule has 7 nitrogen and oxygen atoms in total. The van der Waals surface area contributed by atoms with Gasteiger partial charge < -0.3 is 20.7 Å². The lowest BCUT2D eigenvalue weighted by molar-refractivity contribution is -0.140. The number of nitrogens with two attached hydrogens (primary N) is 1. The zero-order chi connectivity index (χ0) is 15.1. The Kier molecular flexibility index (Phi) is 6.27. The number of carbonyl (C=O) groups is 2. The molecule has 0 aromatic heterocycles. The van der Waals surface area contributed by atoms with Gasteiger partial charge in [0.1, 0.15) is 0 Å². The largest absolute Gasteiger partial charge is 0.409 e. The van der Waals surface area contributed by atoms with E-state index < -0.39 is 5.92 Å². The molecule has 0 spiro atoms. The molecule has 1 heterocycles. The maximum atomic E-state index is 12.3. The number of amidine groups is 1. The van der Waals surface area contributed by atoms with Crippen molar-refractivity contribution in [3.05, 3.63) is 0 Å². The molecule has 7 heteroatoms. The van der Waals surface area contributed by atoms with Gasteiger partial charge in [0, 0.05) is 20.1 Å². The number of likely N-dealkylation sites (N-methyl/N-ethyl adjacent to an activating group) is 1. The summed E-state index contributed by atoms with van der Waals surface area (Å²) in [6.07, 6.45) is 3.27. The smallest absolute Gasteiger partial charge is 0.242 e. The van der Waals surface area contributed by atoms with E-state index in [0.717, 1.165) is 32.4 Å². The van der Waals surface area contributed by atoms with Gasteiger partial charge in [-0.15, -0.1) is 0 Å². The first-order valence-corrected chi connectivity index (χ1v) is 7.01. The third-order valence-electron chi connectivity index (χ3n) is 3.56. The monoisotopic (exact) mass is 284 g/mol. The minimum Gasteiger partial charge on any atom is -0.409 e. The van der Waals surface area contributed by atoms with Crippen LogP contribution < -0.4 is 5.73 Å². The molecule has 1 unspecified atom stereocenters. The molecule has 1 aliphatic heterocycles. The van der Waals surface area contributed by atoms with Crippen molar-refractivity contribution in [2.75, 3.05) is 26.7 Å². The minimum atomic E-state index is -0.665. The molecule has 0 saturated carbocycles. The predicted octanol–water partition coefficient (Wildman–Crippen LogP) is 0.230. The molecule has 1 fully saturated rings. The number of rotatable bonds is 6. The van der Waals surface area contributed by atoms with Gasteiger partial charge in [-0.1, -0.05) is 18.5 Å². The van der Waals surface area contributed by atoms with Gasteiger partial charge in [0.25, 0.3) is 0 Å². The highest BCUT2D eigenvalue weighted by Crippen LogP contribution is 2.12. The van der Waals surface area contributed by atoms with Crippen LogP contribution in [0.15, 0.2) is 5.16 Å². The molecule has 1 rings (SSSR count). The van der Waals surface area contributed by atoms with Gasteiger partial charge in [-0.05, 0) is 19.3 Å². The second kappa shape index (κ2) is 7.72. The fraction of sp³-hybridized carbons (Fsp3) is 0.769. The van der Waals surface area contributed by atoms with Crippen LogP contribution in [0.5, 0.6) is 0 Å². The molecule has 0 aromatic carbocycles. The number of amides is 2. The number of carbonyl (C=O) groups excluding carboxylic acids is 2. The minimum absolute atomic E-state index is 0.0394. The van der Waals surface area contributed by atoms with E-state index in [9.17, 15) is 9.59 Å². The predicted molar refractivity (Wildman–Crippen MR) is 75.3 cm³/mol. The standard InChI is InChI=1S/C13H24N4O3/c1-3-6-10(12(14)15-20)13(19)16(2)9-11(18)17-7-4-5-8-17/h10,20H,3-9H2,1-2H3,(H2,14,15). The number of nitrogens with zero attached hydrogens (tertiary/aromatic N) is 3. The Morgan fingerprint density at radius 2 is 2.00 bits per heavy atom. The Morgan fingerprint density at radius 1 is 1.40 bits per heavy atom. The fourth-order valence-corrected chi connectivity index (χ4v) is 2.37. The summed E-state index contributed by atoms with van der Waals surface area (Å²) in [5, 5.41) is 11.7. The van der Waals surface area contributed by atoms with E-state index in [2.05, 4.69) is 5.16 Å². The molecule has 2 amide bonds. The molecule has 20 heavy (non-hydrogen) atoms. The molecule has 114 valence electrons. The fourth-order valence-electron chi connectivity index (χ4n) is 2.37.